The van der Waals surface area contributed by atoms with Crippen LogP contribution in [0, 0.1) is 6.92 Å². The van der Waals surface area contributed by atoms with E-state index < -0.39 is 0 Å². The summed E-state index contributed by atoms with van der Waals surface area (Å²) in [6, 6.07) is 16.5. The first kappa shape index (κ1) is 12.7. The standard InChI is InChI=1S/C16H19NO/c1-13-4-2-6-15(10-13)12-18-16-7-3-5-14(11-16)8-9-17/h2-7,10-11H,8-9,12,17H2,1H3. The highest BCUT2D eigenvalue weighted by atomic mass is 16.5. The summed E-state index contributed by atoms with van der Waals surface area (Å²) in [6.07, 6.45) is 0.891. The summed E-state index contributed by atoms with van der Waals surface area (Å²) in [7, 11) is 0. The van der Waals surface area contributed by atoms with Crippen LogP contribution < -0.4 is 10.5 Å². The minimum Gasteiger partial charge on any atom is -0.489 e. The molecule has 0 aromatic heterocycles. The zero-order valence-corrected chi connectivity index (χ0v) is 10.7. The van der Waals surface area contributed by atoms with Crippen molar-refractivity contribution in [3.63, 3.8) is 0 Å². The molecule has 0 aliphatic carbocycles. The maximum absolute atomic E-state index is 5.79. The minimum absolute atomic E-state index is 0.605. The molecule has 0 aliphatic heterocycles. The predicted octanol–water partition coefficient (Wildman–Crippen LogP) is 3.08. The fourth-order valence-electron chi connectivity index (χ4n) is 1.93. The molecule has 0 atom stereocenters. The second kappa shape index (κ2) is 6.22. The Bertz CT molecular complexity index is 508. The zero-order chi connectivity index (χ0) is 12.8. The first-order valence-electron chi connectivity index (χ1n) is 6.25. The van der Waals surface area contributed by atoms with Gasteiger partial charge in [-0.15, -0.1) is 0 Å². The second-order valence-electron chi connectivity index (χ2n) is 4.46. The topological polar surface area (TPSA) is 35.2 Å². The van der Waals surface area contributed by atoms with E-state index >= 15 is 0 Å². The van der Waals surface area contributed by atoms with Gasteiger partial charge in [0.2, 0.25) is 0 Å². The summed E-state index contributed by atoms with van der Waals surface area (Å²) in [4.78, 5) is 0. The van der Waals surface area contributed by atoms with Crippen molar-refractivity contribution in [2.24, 2.45) is 5.73 Å². The molecule has 0 heterocycles. The van der Waals surface area contributed by atoms with E-state index in [0.717, 1.165) is 12.2 Å². The predicted molar refractivity (Wildman–Crippen MR) is 74.7 cm³/mol. The van der Waals surface area contributed by atoms with Gasteiger partial charge in [-0.3, -0.25) is 0 Å². The number of hydrogen-bond acceptors (Lipinski definition) is 2. The molecule has 0 fully saturated rings. The lowest BCUT2D eigenvalue weighted by atomic mass is 10.1. The average molecular weight is 241 g/mol. The lowest BCUT2D eigenvalue weighted by Gasteiger charge is -2.08. The molecule has 0 saturated heterocycles. The van der Waals surface area contributed by atoms with E-state index in [1.807, 2.05) is 12.1 Å². The van der Waals surface area contributed by atoms with Gasteiger partial charge in [0.1, 0.15) is 12.4 Å². The lowest BCUT2D eigenvalue weighted by Crippen LogP contribution is -2.03. The highest BCUT2D eigenvalue weighted by Gasteiger charge is 1.98. The molecule has 0 bridgehead atoms. The SMILES string of the molecule is Cc1cccc(COc2cccc(CCN)c2)c1. The largest absolute Gasteiger partial charge is 0.489 e. The maximum Gasteiger partial charge on any atom is 0.120 e. The molecule has 0 unspecified atom stereocenters. The van der Waals surface area contributed by atoms with Crippen molar-refractivity contribution >= 4 is 0 Å². The molecular weight excluding hydrogens is 222 g/mol. The number of nitrogens with two attached hydrogens (primary N) is 1. The molecule has 0 saturated carbocycles. The molecule has 94 valence electrons. The van der Waals surface area contributed by atoms with Gasteiger partial charge >= 0.3 is 0 Å². The van der Waals surface area contributed by atoms with Crippen LogP contribution in [-0.4, -0.2) is 6.54 Å². The Kier molecular flexibility index (Phi) is 4.37. The average Bonchev–Trinajstić information content (AvgIpc) is 2.37. The molecule has 2 nitrogen and oxygen atoms in total. The van der Waals surface area contributed by atoms with Crippen LogP contribution in [0.5, 0.6) is 5.75 Å². The molecule has 2 N–H and O–H groups in total. The van der Waals surface area contributed by atoms with Crippen molar-refractivity contribution in [1.29, 1.82) is 0 Å². The van der Waals surface area contributed by atoms with Crippen LogP contribution in [0.4, 0.5) is 0 Å². The van der Waals surface area contributed by atoms with Gasteiger partial charge in [-0.1, -0.05) is 42.0 Å². The third kappa shape index (κ3) is 3.60. The molecule has 0 aliphatic rings. The van der Waals surface area contributed by atoms with E-state index in [9.17, 15) is 0 Å². The van der Waals surface area contributed by atoms with Gasteiger partial charge in [-0.25, -0.2) is 0 Å². The molecule has 2 rings (SSSR count). The summed E-state index contributed by atoms with van der Waals surface area (Å²) >= 11 is 0. The second-order valence-corrected chi connectivity index (χ2v) is 4.46. The number of aryl methyl sites for hydroxylation is 1. The Hall–Kier alpha value is -1.80. The van der Waals surface area contributed by atoms with Crippen molar-refractivity contribution in [3.05, 3.63) is 65.2 Å². The smallest absolute Gasteiger partial charge is 0.120 e. The van der Waals surface area contributed by atoms with Crippen molar-refractivity contribution in [1.82, 2.24) is 0 Å². The Morgan fingerprint density at radius 2 is 1.78 bits per heavy atom. The summed E-state index contributed by atoms with van der Waals surface area (Å²) < 4.78 is 5.79. The van der Waals surface area contributed by atoms with Crippen molar-refractivity contribution in [2.75, 3.05) is 6.54 Å². The van der Waals surface area contributed by atoms with Crippen LogP contribution in [0.3, 0.4) is 0 Å². The van der Waals surface area contributed by atoms with E-state index in [-0.39, 0.29) is 0 Å². The zero-order valence-electron chi connectivity index (χ0n) is 10.7. The Labute approximate surface area is 108 Å². The van der Waals surface area contributed by atoms with E-state index in [0.29, 0.717) is 13.2 Å². The number of hydrogen-bond donors (Lipinski definition) is 1. The van der Waals surface area contributed by atoms with Crippen molar-refractivity contribution in [2.45, 2.75) is 20.0 Å². The summed E-state index contributed by atoms with van der Waals surface area (Å²) in [5.74, 6) is 0.905. The van der Waals surface area contributed by atoms with Crippen LogP contribution in [0.1, 0.15) is 16.7 Å². The third-order valence-electron chi connectivity index (χ3n) is 2.82. The van der Waals surface area contributed by atoms with Gasteiger partial charge in [0, 0.05) is 0 Å². The van der Waals surface area contributed by atoms with E-state index in [2.05, 4.69) is 43.3 Å². The van der Waals surface area contributed by atoms with Gasteiger partial charge in [0.05, 0.1) is 0 Å². The Morgan fingerprint density at radius 3 is 2.56 bits per heavy atom. The molecule has 2 aromatic rings. The summed E-state index contributed by atoms with van der Waals surface area (Å²) in [6.45, 7) is 3.36. The Morgan fingerprint density at radius 1 is 1.00 bits per heavy atom. The van der Waals surface area contributed by atoms with Gasteiger partial charge in [-0.2, -0.15) is 0 Å². The first-order valence-corrected chi connectivity index (χ1v) is 6.25. The minimum atomic E-state index is 0.605. The van der Waals surface area contributed by atoms with Crippen LogP contribution in [0.15, 0.2) is 48.5 Å². The summed E-state index contributed by atoms with van der Waals surface area (Å²) in [5.41, 5.74) is 9.22. The van der Waals surface area contributed by atoms with Gasteiger partial charge in [0.15, 0.2) is 0 Å². The quantitative estimate of drug-likeness (QED) is 0.873. The molecule has 0 amide bonds. The number of ether oxygens (including phenoxy) is 1. The maximum atomic E-state index is 5.79. The third-order valence-corrected chi connectivity index (χ3v) is 2.82. The monoisotopic (exact) mass is 241 g/mol. The molecule has 2 aromatic carbocycles. The number of benzene rings is 2. The molecule has 0 radical (unpaired) electrons. The van der Waals surface area contributed by atoms with Gasteiger partial charge < -0.3 is 10.5 Å². The van der Waals surface area contributed by atoms with Crippen LogP contribution in [0.25, 0.3) is 0 Å². The van der Waals surface area contributed by atoms with Crippen LogP contribution >= 0.6 is 0 Å². The summed E-state index contributed by atoms with van der Waals surface area (Å²) in [5, 5.41) is 0. The van der Waals surface area contributed by atoms with E-state index in [1.165, 1.54) is 16.7 Å². The Balaban J connectivity index is 1.99. The van der Waals surface area contributed by atoms with E-state index in [1.54, 1.807) is 0 Å². The van der Waals surface area contributed by atoms with Crippen molar-refractivity contribution < 1.29 is 4.74 Å². The van der Waals surface area contributed by atoms with E-state index in [4.69, 9.17) is 10.5 Å². The molecule has 0 spiro atoms. The highest BCUT2D eigenvalue weighted by molar-refractivity contribution is 5.29. The first-order chi connectivity index (χ1) is 8.78. The molecule has 18 heavy (non-hydrogen) atoms. The van der Waals surface area contributed by atoms with Gasteiger partial charge in [-0.05, 0) is 43.1 Å². The fraction of sp³-hybridized carbons (Fsp3) is 0.250. The van der Waals surface area contributed by atoms with Crippen molar-refractivity contribution in [3.8, 4) is 5.75 Å². The van der Waals surface area contributed by atoms with Crippen LogP contribution in [-0.2, 0) is 13.0 Å². The number of rotatable bonds is 5. The molecule has 2 heteroatoms. The van der Waals surface area contributed by atoms with Gasteiger partial charge in [0.25, 0.3) is 0 Å². The lowest BCUT2D eigenvalue weighted by molar-refractivity contribution is 0.306. The van der Waals surface area contributed by atoms with Crippen LogP contribution in [0.2, 0.25) is 0 Å². The fourth-order valence-corrected chi connectivity index (χ4v) is 1.93. The highest BCUT2D eigenvalue weighted by Crippen LogP contribution is 2.15. The normalized spacial score (nSPS) is 10.3. The molecular formula is C16H19NO.